The van der Waals surface area contributed by atoms with Gasteiger partial charge >= 0.3 is 6.09 Å². The van der Waals surface area contributed by atoms with Crippen molar-refractivity contribution >= 4 is 12.0 Å². The molecule has 0 aromatic heterocycles. The van der Waals surface area contributed by atoms with E-state index in [-0.39, 0.29) is 18.2 Å². The van der Waals surface area contributed by atoms with Gasteiger partial charge in [-0.2, -0.15) is 0 Å². The van der Waals surface area contributed by atoms with E-state index in [1.165, 1.54) is 4.90 Å². The molecule has 1 saturated heterocycles. The van der Waals surface area contributed by atoms with E-state index in [2.05, 4.69) is 38.1 Å². The van der Waals surface area contributed by atoms with Crippen LogP contribution in [-0.2, 0) is 20.4 Å². The van der Waals surface area contributed by atoms with Gasteiger partial charge in [0, 0.05) is 5.41 Å². The molecule has 3 atom stereocenters. The topological polar surface area (TPSA) is 66.8 Å². The fourth-order valence-corrected chi connectivity index (χ4v) is 5.94. The lowest BCUT2D eigenvalue weighted by atomic mass is 9.47. The molecule has 2 aromatic carbocycles. The van der Waals surface area contributed by atoms with Crippen molar-refractivity contribution in [2.45, 2.75) is 63.2 Å². The third kappa shape index (κ3) is 2.16. The molecule has 2 bridgehead atoms. The molecule has 156 valence electrons. The summed E-state index contributed by atoms with van der Waals surface area (Å²) in [4.78, 5) is 27.6. The lowest BCUT2D eigenvalue weighted by Gasteiger charge is -2.58. The molecule has 0 spiro atoms. The summed E-state index contributed by atoms with van der Waals surface area (Å²) in [6, 6.07) is 16.0. The van der Waals surface area contributed by atoms with Crippen molar-refractivity contribution in [3.05, 3.63) is 70.8 Å². The standard InChI is InChI=1S/C25H27NO4/c1-14(2)19(27)13-20(28)26-21-22(30-23(26)29)25(4)17-11-7-5-9-15(17)24(21,3)16-10-6-8-12-18(16)25/h5-12,14,19,21-22,27H,13H2,1-4H3/t19-,21+,22-,24?,25?/m0/s1. The van der Waals surface area contributed by atoms with Crippen LogP contribution < -0.4 is 0 Å². The third-order valence-corrected chi connectivity index (χ3v) is 7.66. The van der Waals surface area contributed by atoms with Gasteiger partial charge in [0.1, 0.15) is 6.10 Å². The Labute approximate surface area is 176 Å². The van der Waals surface area contributed by atoms with Crippen LogP contribution in [0.3, 0.4) is 0 Å². The largest absolute Gasteiger partial charge is 0.442 e. The highest BCUT2D eigenvalue weighted by Gasteiger charge is 2.69. The lowest BCUT2D eigenvalue weighted by Crippen LogP contribution is -2.66. The molecule has 3 aliphatic carbocycles. The number of aliphatic hydroxyl groups excluding tert-OH is 1. The molecule has 0 radical (unpaired) electrons. The second-order valence-corrected chi connectivity index (χ2v) is 9.52. The molecule has 30 heavy (non-hydrogen) atoms. The van der Waals surface area contributed by atoms with Crippen molar-refractivity contribution < 1.29 is 19.4 Å². The second kappa shape index (κ2) is 6.17. The molecule has 6 rings (SSSR count). The molecule has 5 heteroatoms. The molecule has 1 fully saturated rings. The average molecular weight is 405 g/mol. The van der Waals surface area contributed by atoms with Crippen molar-refractivity contribution in [1.82, 2.24) is 4.90 Å². The van der Waals surface area contributed by atoms with E-state index in [9.17, 15) is 14.7 Å². The Morgan fingerprint density at radius 3 is 1.93 bits per heavy atom. The highest BCUT2D eigenvalue weighted by molar-refractivity contribution is 5.95. The number of ether oxygens (including phenoxy) is 1. The Kier molecular flexibility index (Phi) is 3.97. The minimum atomic E-state index is -0.798. The van der Waals surface area contributed by atoms with Crippen LogP contribution in [0, 0.1) is 5.92 Å². The maximum Gasteiger partial charge on any atom is 0.417 e. The van der Waals surface area contributed by atoms with Gasteiger partial charge in [-0.3, -0.25) is 4.79 Å². The van der Waals surface area contributed by atoms with E-state index in [1.807, 2.05) is 38.1 Å². The van der Waals surface area contributed by atoms with Crippen LogP contribution in [0.1, 0.15) is 56.4 Å². The SMILES string of the molecule is CC(C)[C@@H](O)CC(=O)N1C(=O)O[C@H]2[C@@H]1C1(C)c3ccccc3C2(C)c2ccccc21. The number of hydrogen-bond acceptors (Lipinski definition) is 4. The fourth-order valence-electron chi connectivity index (χ4n) is 5.94. The van der Waals surface area contributed by atoms with E-state index in [0.717, 1.165) is 22.3 Å². The molecule has 2 amide bonds. The van der Waals surface area contributed by atoms with Crippen LogP contribution in [0.15, 0.2) is 48.5 Å². The molecule has 2 aromatic rings. The average Bonchev–Trinajstić information content (AvgIpc) is 3.10. The van der Waals surface area contributed by atoms with Crippen LogP contribution in [0.5, 0.6) is 0 Å². The minimum Gasteiger partial charge on any atom is -0.442 e. The zero-order valence-corrected chi connectivity index (χ0v) is 17.8. The Balaban J connectivity index is 1.71. The van der Waals surface area contributed by atoms with Gasteiger partial charge < -0.3 is 9.84 Å². The number of aliphatic hydroxyl groups is 1. The number of carbonyl (C=O) groups excluding carboxylic acids is 2. The number of nitrogens with zero attached hydrogens (tertiary/aromatic N) is 1. The van der Waals surface area contributed by atoms with Gasteiger partial charge in [0.15, 0.2) is 0 Å². The first-order valence-corrected chi connectivity index (χ1v) is 10.6. The summed E-state index contributed by atoms with van der Waals surface area (Å²) in [7, 11) is 0. The van der Waals surface area contributed by atoms with Gasteiger partial charge in [-0.25, -0.2) is 9.69 Å². The van der Waals surface area contributed by atoms with Crippen LogP contribution in [-0.4, -0.2) is 40.3 Å². The fraction of sp³-hybridized carbons (Fsp3) is 0.440. The van der Waals surface area contributed by atoms with E-state index >= 15 is 0 Å². The van der Waals surface area contributed by atoms with Gasteiger partial charge in [-0.15, -0.1) is 0 Å². The first-order chi connectivity index (χ1) is 14.2. The van der Waals surface area contributed by atoms with Gasteiger partial charge in [-0.05, 0) is 42.0 Å². The summed E-state index contributed by atoms with van der Waals surface area (Å²) in [6.07, 6.45) is -1.97. The van der Waals surface area contributed by atoms with Crippen molar-refractivity contribution in [1.29, 1.82) is 0 Å². The Morgan fingerprint density at radius 2 is 1.47 bits per heavy atom. The Hall–Kier alpha value is -2.66. The summed E-state index contributed by atoms with van der Waals surface area (Å²) in [5.74, 6) is -0.443. The van der Waals surface area contributed by atoms with E-state index in [0.29, 0.717) is 0 Å². The van der Waals surface area contributed by atoms with E-state index in [1.54, 1.807) is 0 Å². The zero-order valence-electron chi connectivity index (χ0n) is 17.8. The quantitative estimate of drug-likeness (QED) is 0.845. The third-order valence-electron chi connectivity index (χ3n) is 7.66. The van der Waals surface area contributed by atoms with Gasteiger partial charge in [0.2, 0.25) is 5.91 Å². The Morgan fingerprint density at radius 1 is 1.00 bits per heavy atom. The van der Waals surface area contributed by atoms with Gasteiger partial charge in [-0.1, -0.05) is 62.4 Å². The summed E-state index contributed by atoms with van der Waals surface area (Å²) in [6.45, 7) is 7.95. The van der Waals surface area contributed by atoms with E-state index < -0.39 is 35.2 Å². The first-order valence-electron chi connectivity index (χ1n) is 10.6. The van der Waals surface area contributed by atoms with E-state index in [4.69, 9.17) is 4.74 Å². The number of amides is 2. The monoisotopic (exact) mass is 405 g/mol. The van der Waals surface area contributed by atoms with Crippen LogP contribution >= 0.6 is 0 Å². The van der Waals surface area contributed by atoms with Crippen molar-refractivity contribution in [3.63, 3.8) is 0 Å². The smallest absolute Gasteiger partial charge is 0.417 e. The predicted molar refractivity (Wildman–Crippen MR) is 112 cm³/mol. The lowest BCUT2D eigenvalue weighted by molar-refractivity contribution is -0.133. The molecule has 0 unspecified atom stereocenters. The first kappa shape index (κ1) is 19.3. The number of benzene rings is 2. The number of hydrogen-bond donors (Lipinski definition) is 1. The van der Waals surface area contributed by atoms with Crippen molar-refractivity contribution in [2.75, 3.05) is 0 Å². The predicted octanol–water partition coefficient (Wildman–Crippen LogP) is 3.75. The zero-order chi connectivity index (χ0) is 21.4. The highest BCUT2D eigenvalue weighted by atomic mass is 16.6. The number of imide groups is 1. The Bertz CT molecular complexity index is 1010. The molecule has 5 nitrogen and oxygen atoms in total. The summed E-state index contributed by atoms with van der Waals surface area (Å²) in [5.41, 5.74) is 3.44. The molecular weight excluding hydrogens is 378 g/mol. The molecule has 1 aliphatic heterocycles. The molecule has 0 saturated carbocycles. The number of rotatable bonds is 3. The number of carbonyl (C=O) groups is 2. The molecular formula is C25H27NO4. The highest BCUT2D eigenvalue weighted by Crippen LogP contribution is 2.62. The minimum absolute atomic E-state index is 0.0688. The van der Waals surface area contributed by atoms with Crippen LogP contribution in [0.4, 0.5) is 4.79 Å². The summed E-state index contributed by atoms with van der Waals surface area (Å²) < 4.78 is 5.94. The van der Waals surface area contributed by atoms with Crippen molar-refractivity contribution in [3.8, 4) is 0 Å². The maximum atomic E-state index is 13.2. The summed E-state index contributed by atoms with van der Waals surface area (Å²) >= 11 is 0. The van der Waals surface area contributed by atoms with Crippen LogP contribution in [0.2, 0.25) is 0 Å². The van der Waals surface area contributed by atoms with Crippen LogP contribution in [0.25, 0.3) is 0 Å². The van der Waals surface area contributed by atoms with Crippen molar-refractivity contribution in [2.24, 2.45) is 5.92 Å². The normalized spacial score (nSPS) is 31.8. The maximum absolute atomic E-state index is 13.2. The van der Waals surface area contributed by atoms with Gasteiger partial charge in [0.25, 0.3) is 0 Å². The molecule has 4 aliphatic rings. The van der Waals surface area contributed by atoms with Gasteiger partial charge in [0.05, 0.1) is 24.0 Å². The molecule has 1 N–H and O–H groups in total. The molecule has 1 heterocycles. The summed E-state index contributed by atoms with van der Waals surface area (Å²) in [5, 5.41) is 10.3. The second-order valence-electron chi connectivity index (χ2n) is 9.52.